The summed E-state index contributed by atoms with van der Waals surface area (Å²) < 4.78 is 0. The van der Waals surface area contributed by atoms with Crippen LogP contribution in [0, 0.1) is 6.92 Å². The number of carbonyl (C=O) groups excluding carboxylic acids is 3. The van der Waals surface area contributed by atoms with E-state index < -0.39 is 29.2 Å². The molecule has 8 nitrogen and oxygen atoms in total. The molecule has 3 aromatic carbocycles. The van der Waals surface area contributed by atoms with Crippen LogP contribution in [0.3, 0.4) is 0 Å². The van der Waals surface area contributed by atoms with E-state index in [-0.39, 0.29) is 74.3 Å². The lowest BCUT2D eigenvalue weighted by atomic mass is 9.80. The molecule has 8 heteroatoms. The third-order valence-electron chi connectivity index (χ3n) is 5.66. The highest BCUT2D eigenvalue weighted by Crippen LogP contribution is 2.44. The van der Waals surface area contributed by atoms with Gasteiger partial charge < -0.3 is 25.5 Å². The molecule has 0 bridgehead atoms. The van der Waals surface area contributed by atoms with Crippen molar-refractivity contribution in [1.82, 2.24) is 0 Å². The third kappa shape index (κ3) is 3.16. The minimum atomic E-state index is -0.870. The van der Waals surface area contributed by atoms with Crippen molar-refractivity contribution in [2.45, 2.75) is 32.8 Å². The molecule has 0 saturated heterocycles. The Hall–Kier alpha value is -3.91. The molecule has 1 aliphatic carbocycles. The number of aromatic hydroxyl groups is 4. The lowest BCUT2D eigenvalue weighted by molar-refractivity contribution is -0.120. The molecule has 0 spiro atoms. The predicted molar refractivity (Wildman–Crippen MR) is 114 cm³/mol. The first kappa shape index (κ1) is 21.3. The summed E-state index contributed by atoms with van der Waals surface area (Å²) >= 11 is 0. The van der Waals surface area contributed by atoms with Crippen LogP contribution in [0.5, 0.6) is 23.0 Å². The molecule has 32 heavy (non-hydrogen) atoms. The number of aliphatic hydroxyl groups is 1. The quantitative estimate of drug-likeness (QED) is 0.327. The van der Waals surface area contributed by atoms with E-state index in [1.165, 1.54) is 32.0 Å². The largest absolute Gasteiger partial charge is 0.508 e. The van der Waals surface area contributed by atoms with Crippen LogP contribution in [-0.2, 0) is 11.2 Å². The maximum Gasteiger partial charge on any atom is 0.202 e. The van der Waals surface area contributed by atoms with Gasteiger partial charge in [-0.05, 0) is 49.1 Å². The SMILES string of the molecule is Cc1c(O)cc2c(c1O)C(=O)c1c(cc3cc(O)cc(CC(=O)C[C@H](C)O)c3c1O)C2=O. The van der Waals surface area contributed by atoms with Gasteiger partial charge in [0, 0.05) is 34.9 Å². The van der Waals surface area contributed by atoms with Gasteiger partial charge in [0.05, 0.1) is 17.2 Å². The molecule has 1 aliphatic rings. The van der Waals surface area contributed by atoms with Crippen LogP contribution in [0.15, 0.2) is 24.3 Å². The third-order valence-corrected chi connectivity index (χ3v) is 5.66. The lowest BCUT2D eigenvalue weighted by Gasteiger charge is -2.22. The van der Waals surface area contributed by atoms with Gasteiger partial charge in [-0.1, -0.05) is 0 Å². The Kier molecular flexibility index (Phi) is 4.90. The first-order valence-electron chi connectivity index (χ1n) is 9.87. The lowest BCUT2D eigenvalue weighted by Crippen LogP contribution is -2.22. The molecule has 0 amide bonds. The number of phenols is 4. The fourth-order valence-corrected chi connectivity index (χ4v) is 4.19. The van der Waals surface area contributed by atoms with Crippen molar-refractivity contribution in [3.8, 4) is 23.0 Å². The van der Waals surface area contributed by atoms with Gasteiger partial charge in [0.15, 0.2) is 5.78 Å². The standard InChI is InChI=1S/C24H20O8/c1-9(25)3-13(26)4-11-5-14(27)6-12-7-15-20(23(31)18(11)12)24(32)19-16(22(15)30)8-17(28)10(2)21(19)29/h5-9,25,27-29,31H,3-4H2,1-2H3/t9-/m0/s1. The Balaban J connectivity index is 1.99. The average molecular weight is 436 g/mol. The monoisotopic (exact) mass is 436 g/mol. The van der Waals surface area contributed by atoms with Gasteiger partial charge in [-0.25, -0.2) is 0 Å². The molecule has 0 aromatic heterocycles. The Morgan fingerprint density at radius 2 is 1.53 bits per heavy atom. The van der Waals surface area contributed by atoms with Gasteiger partial charge in [-0.15, -0.1) is 0 Å². The molecular weight excluding hydrogens is 416 g/mol. The molecular formula is C24H20O8. The highest BCUT2D eigenvalue weighted by molar-refractivity contribution is 6.32. The maximum absolute atomic E-state index is 13.2. The number of Topliss-reactive ketones (excluding diaryl/α,β-unsaturated/α-hetero) is 1. The maximum atomic E-state index is 13.2. The Labute approximate surface area is 182 Å². The van der Waals surface area contributed by atoms with Crippen LogP contribution < -0.4 is 0 Å². The topological polar surface area (TPSA) is 152 Å². The summed E-state index contributed by atoms with van der Waals surface area (Å²) in [6.07, 6.45) is -1.23. The van der Waals surface area contributed by atoms with Gasteiger partial charge in [0.1, 0.15) is 28.8 Å². The van der Waals surface area contributed by atoms with Gasteiger partial charge in [0.2, 0.25) is 5.78 Å². The number of benzene rings is 3. The van der Waals surface area contributed by atoms with E-state index in [1.807, 2.05) is 0 Å². The summed E-state index contributed by atoms with van der Waals surface area (Å²) in [4.78, 5) is 38.6. The molecule has 0 unspecified atom stereocenters. The predicted octanol–water partition coefficient (Wildman–Crippen LogP) is 2.63. The van der Waals surface area contributed by atoms with Crippen molar-refractivity contribution in [3.63, 3.8) is 0 Å². The molecule has 3 aromatic rings. The second kappa shape index (κ2) is 7.35. The molecule has 4 rings (SSSR count). The van der Waals surface area contributed by atoms with Crippen molar-refractivity contribution in [2.24, 2.45) is 0 Å². The zero-order valence-corrected chi connectivity index (χ0v) is 17.3. The number of rotatable bonds is 4. The second-order valence-corrected chi connectivity index (χ2v) is 8.07. The number of fused-ring (bicyclic) bond motifs is 3. The number of hydrogen-bond acceptors (Lipinski definition) is 8. The van der Waals surface area contributed by atoms with Crippen molar-refractivity contribution in [2.75, 3.05) is 0 Å². The Morgan fingerprint density at radius 1 is 0.906 bits per heavy atom. The Bertz CT molecular complexity index is 1350. The molecule has 0 aliphatic heterocycles. The molecule has 0 heterocycles. The zero-order valence-electron chi connectivity index (χ0n) is 17.3. The van der Waals surface area contributed by atoms with E-state index in [0.29, 0.717) is 0 Å². The van der Waals surface area contributed by atoms with Crippen LogP contribution in [-0.4, -0.2) is 49.0 Å². The molecule has 0 fully saturated rings. The molecule has 1 atom stereocenters. The number of ketones is 3. The van der Waals surface area contributed by atoms with E-state index in [1.54, 1.807) is 0 Å². The van der Waals surface area contributed by atoms with Crippen LogP contribution in [0.25, 0.3) is 10.8 Å². The summed E-state index contributed by atoms with van der Waals surface area (Å²) in [5.74, 6) is -3.50. The van der Waals surface area contributed by atoms with Gasteiger partial charge >= 0.3 is 0 Å². The number of phenolic OH excluding ortho intramolecular Hbond substituents is 4. The van der Waals surface area contributed by atoms with E-state index in [4.69, 9.17) is 0 Å². The van der Waals surface area contributed by atoms with E-state index in [9.17, 15) is 39.9 Å². The van der Waals surface area contributed by atoms with Gasteiger partial charge in [-0.3, -0.25) is 14.4 Å². The van der Waals surface area contributed by atoms with E-state index >= 15 is 0 Å². The van der Waals surface area contributed by atoms with E-state index in [2.05, 4.69) is 0 Å². The first-order valence-corrected chi connectivity index (χ1v) is 9.87. The van der Waals surface area contributed by atoms with Crippen LogP contribution in [0.1, 0.15) is 56.3 Å². The average Bonchev–Trinajstić information content (AvgIpc) is 2.68. The minimum absolute atomic E-state index is 0.0166. The Morgan fingerprint density at radius 3 is 2.19 bits per heavy atom. The summed E-state index contributed by atoms with van der Waals surface area (Å²) in [5, 5.41) is 51.4. The van der Waals surface area contributed by atoms with Crippen LogP contribution >= 0.6 is 0 Å². The van der Waals surface area contributed by atoms with Crippen molar-refractivity contribution >= 4 is 28.1 Å². The summed E-state index contributed by atoms with van der Waals surface area (Å²) in [6.45, 7) is 2.84. The normalized spacial score (nSPS) is 13.7. The molecule has 5 N–H and O–H groups in total. The summed E-state index contributed by atoms with van der Waals surface area (Å²) in [7, 11) is 0. The molecule has 164 valence electrons. The van der Waals surface area contributed by atoms with Crippen molar-refractivity contribution in [1.29, 1.82) is 0 Å². The molecule has 0 saturated carbocycles. The fraction of sp³-hybridized carbons (Fsp3) is 0.208. The van der Waals surface area contributed by atoms with Crippen LogP contribution in [0.4, 0.5) is 0 Å². The van der Waals surface area contributed by atoms with Crippen molar-refractivity contribution in [3.05, 3.63) is 57.6 Å². The second-order valence-electron chi connectivity index (χ2n) is 8.07. The van der Waals surface area contributed by atoms with Crippen molar-refractivity contribution < 1.29 is 39.9 Å². The summed E-state index contributed by atoms with van der Waals surface area (Å²) in [5.41, 5.74) is -0.759. The smallest absolute Gasteiger partial charge is 0.202 e. The van der Waals surface area contributed by atoms with Gasteiger partial charge in [-0.2, -0.15) is 0 Å². The fourth-order valence-electron chi connectivity index (χ4n) is 4.19. The summed E-state index contributed by atoms with van der Waals surface area (Å²) in [6, 6.07) is 4.98. The minimum Gasteiger partial charge on any atom is -0.508 e. The number of carbonyl (C=O) groups is 3. The molecule has 0 radical (unpaired) electrons. The van der Waals surface area contributed by atoms with Crippen LogP contribution in [0.2, 0.25) is 0 Å². The number of hydrogen-bond donors (Lipinski definition) is 5. The highest BCUT2D eigenvalue weighted by atomic mass is 16.3. The van der Waals surface area contributed by atoms with Gasteiger partial charge in [0.25, 0.3) is 0 Å². The first-order chi connectivity index (χ1) is 15.0. The zero-order chi connectivity index (χ0) is 23.5. The van der Waals surface area contributed by atoms with E-state index in [0.717, 1.165) is 6.07 Å². The highest BCUT2D eigenvalue weighted by Gasteiger charge is 2.37. The number of aliphatic hydroxyl groups excluding tert-OH is 1.